The second kappa shape index (κ2) is 47.1. The first-order chi connectivity index (χ1) is 53.0. The lowest BCUT2D eigenvalue weighted by atomic mass is 10.0. The SMILES string of the molecule is CCCCCCOc1cc(OCCCCCC)cc(-c2c3nc(c(-c4cc(OCCCCCC)cc(OCCCCCC)c4)c4ccc([nH]4)c(-c4cc(OCCCCCC)cc(OCCCCCC)c4)c4nc(c(-c5ccc(OCCCCCCCCCCCCOS(C)(=O)=O)cc5)c5ccc2[nH]5)C=C4)C=C3)c1. The minimum Gasteiger partial charge on any atom is -0.494 e. The lowest BCUT2D eigenvalue weighted by molar-refractivity contribution is 0.290. The van der Waals surface area contributed by atoms with Crippen molar-refractivity contribution in [2.45, 2.75) is 260 Å². The Morgan fingerprint density at radius 2 is 0.481 bits per heavy atom. The number of nitrogens with one attached hydrogen (secondary N) is 2. The van der Waals surface area contributed by atoms with E-state index >= 15 is 0 Å². The van der Waals surface area contributed by atoms with E-state index in [1.807, 2.05) is 0 Å². The van der Waals surface area contributed by atoms with E-state index in [2.05, 4.69) is 179 Å². The molecule has 5 heterocycles. The summed E-state index contributed by atoms with van der Waals surface area (Å²) in [5, 5.41) is 0. The van der Waals surface area contributed by atoms with Crippen LogP contribution in [0, 0.1) is 0 Å². The topological polar surface area (TPSA) is 165 Å². The van der Waals surface area contributed by atoms with Crippen LogP contribution in [0.15, 0.2) is 103 Å². The number of rotatable bonds is 55. The molecule has 3 aromatic heterocycles. The first kappa shape index (κ1) is 84.0. The van der Waals surface area contributed by atoms with Crippen molar-refractivity contribution in [2.24, 2.45) is 0 Å². The molecule has 0 unspecified atom stereocenters. The lowest BCUT2D eigenvalue weighted by Crippen LogP contribution is -2.03. The Balaban J connectivity index is 1.23. The summed E-state index contributed by atoms with van der Waals surface area (Å²) in [4.78, 5) is 19.7. The number of benzene rings is 4. The van der Waals surface area contributed by atoms with Gasteiger partial charge < -0.3 is 43.1 Å². The second-order valence-electron chi connectivity index (χ2n) is 29.5. The summed E-state index contributed by atoms with van der Waals surface area (Å²) in [6.45, 7) is 18.0. The zero-order chi connectivity index (χ0) is 75.8. The summed E-state index contributed by atoms with van der Waals surface area (Å²) < 4.78 is 74.3. The zero-order valence-corrected chi connectivity index (χ0v) is 67.5. The maximum Gasteiger partial charge on any atom is 0.264 e. The van der Waals surface area contributed by atoms with Gasteiger partial charge in [-0.2, -0.15) is 8.42 Å². The Labute approximate surface area is 648 Å². The molecule has 0 fully saturated rings. The molecular weight excluding hydrogens is 1370 g/mol. The molecule has 2 aliphatic heterocycles. The number of fused-ring (bicyclic) bond motifs is 8. The Bertz CT molecular complexity index is 4000. The molecule has 9 rings (SSSR count). The molecule has 15 heteroatoms. The Morgan fingerprint density at radius 3 is 0.731 bits per heavy atom. The van der Waals surface area contributed by atoms with Gasteiger partial charge in [-0.1, -0.05) is 221 Å². The molecule has 0 radical (unpaired) electrons. The number of hydrogen-bond donors (Lipinski definition) is 2. The lowest BCUT2D eigenvalue weighted by Gasteiger charge is -2.14. The Morgan fingerprint density at radius 1 is 0.259 bits per heavy atom. The average Bonchev–Trinajstić information content (AvgIpc) is 1.61. The van der Waals surface area contributed by atoms with Crippen LogP contribution in [0.2, 0.25) is 0 Å². The van der Waals surface area contributed by atoms with Crippen molar-refractivity contribution in [3.05, 3.63) is 126 Å². The van der Waals surface area contributed by atoms with E-state index in [9.17, 15) is 8.42 Å². The Kier molecular flexibility index (Phi) is 36.7. The molecule has 0 amide bonds. The van der Waals surface area contributed by atoms with E-state index in [0.717, 1.165) is 328 Å². The molecule has 2 aliphatic rings. The molecule has 0 saturated carbocycles. The molecule has 2 N–H and O–H groups in total. The van der Waals surface area contributed by atoms with E-state index in [1.54, 1.807) is 0 Å². The second-order valence-corrected chi connectivity index (χ2v) is 31.1. The van der Waals surface area contributed by atoms with E-state index in [0.29, 0.717) is 46.2 Å². The summed E-state index contributed by atoms with van der Waals surface area (Å²) in [7, 11) is -3.37. The minimum absolute atomic E-state index is 0.273. The van der Waals surface area contributed by atoms with Crippen molar-refractivity contribution >= 4 is 56.5 Å². The highest BCUT2D eigenvalue weighted by Gasteiger charge is 2.23. The van der Waals surface area contributed by atoms with Crippen LogP contribution in [-0.2, 0) is 14.3 Å². The van der Waals surface area contributed by atoms with Crippen LogP contribution in [0.1, 0.15) is 283 Å². The molecular formula is C93H128N4O10S. The van der Waals surface area contributed by atoms with Gasteiger partial charge in [-0.3, -0.25) is 4.18 Å². The van der Waals surface area contributed by atoms with E-state index < -0.39 is 10.1 Å². The van der Waals surface area contributed by atoms with Crippen LogP contribution in [0.25, 0.3) is 90.9 Å². The largest absolute Gasteiger partial charge is 0.494 e. The van der Waals surface area contributed by atoms with Crippen molar-refractivity contribution in [2.75, 3.05) is 59.1 Å². The summed E-state index contributed by atoms with van der Waals surface area (Å²) >= 11 is 0. The molecule has 8 bridgehead atoms. The van der Waals surface area contributed by atoms with Gasteiger partial charge in [0.1, 0.15) is 40.2 Å². The van der Waals surface area contributed by atoms with Crippen LogP contribution >= 0.6 is 0 Å². The van der Waals surface area contributed by atoms with Crippen LogP contribution < -0.4 is 33.2 Å². The fraction of sp³-hybridized carbons (Fsp3) is 0.527. The van der Waals surface area contributed by atoms with Crippen molar-refractivity contribution < 1.29 is 45.8 Å². The van der Waals surface area contributed by atoms with Gasteiger partial charge in [-0.25, -0.2) is 9.97 Å². The third kappa shape index (κ3) is 27.8. The molecule has 0 spiro atoms. The normalized spacial score (nSPS) is 12.0. The Hall–Kier alpha value is -8.01. The third-order valence-electron chi connectivity index (χ3n) is 20.1. The van der Waals surface area contributed by atoms with Crippen LogP contribution in [0.5, 0.6) is 40.2 Å². The van der Waals surface area contributed by atoms with Crippen molar-refractivity contribution in [1.29, 1.82) is 0 Å². The number of unbranched alkanes of at least 4 members (excludes halogenated alkanes) is 27. The highest BCUT2D eigenvalue weighted by Crippen LogP contribution is 2.43. The fourth-order valence-electron chi connectivity index (χ4n) is 14.1. The summed E-state index contributed by atoms with van der Waals surface area (Å²) in [6, 6.07) is 36.4. The first-order valence-electron chi connectivity index (χ1n) is 41.9. The first-order valence-corrected chi connectivity index (χ1v) is 43.8. The van der Waals surface area contributed by atoms with Crippen molar-refractivity contribution in [3.63, 3.8) is 0 Å². The van der Waals surface area contributed by atoms with Gasteiger partial charge >= 0.3 is 0 Å². The zero-order valence-electron chi connectivity index (χ0n) is 66.7. The number of hydrogen-bond acceptors (Lipinski definition) is 12. The molecule has 0 aliphatic carbocycles. The van der Waals surface area contributed by atoms with Crippen LogP contribution in [0.3, 0.4) is 0 Å². The van der Waals surface area contributed by atoms with Gasteiger partial charge in [-0.05, 0) is 171 Å². The van der Waals surface area contributed by atoms with E-state index in [-0.39, 0.29) is 6.61 Å². The monoisotopic (exact) mass is 1490 g/mol. The van der Waals surface area contributed by atoms with Gasteiger partial charge in [0, 0.05) is 62.5 Å². The highest BCUT2D eigenvalue weighted by atomic mass is 32.2. The summed E-state index contributed by atoms with van der Waals surface area (Å²) in [5.74, 6) is 5.36. The number of aromatic amines is 2. The predicted octanol–water partition coefficient (Wildman–Crippen LogP) is 26.3. The molecule has 0 atom stereocenters. The number of ether oxygens (including phenoxy) is 7. The number of nitrogens with zero attached hydrogens (tertiary/aromatic N) is 2. The van der Waals surface area contributed by atoms with Crippen LogP contribution in [0.4, 0.5) is 0 Å². The summed E-state index contributed by atoms with van der Waals surface area (Å²) in [6.07, 6.45) is 46.9. The molecule has 7 aromatic rings. The number of aromatic nitrogens is 4. The minimum atomic E-state index is -3.37. The predicted molar refractivity (Wildman–Crippen MR) is 451 cm³/mol. The molecule has 586 valence electrons. The number of H-pyrrole nitrogens is 2. The maximum absolute atomic E-state index is 11.3. The molecule has 0 saturated heterocycles. The smallest absolute Gasteiger partial charge is 0.264 e. The molecule has 108 heavy (non-hydrogen) atoms. The molecule has 4 aromatic carbocycles. The van der Waals surface area contributed by atoms with Gasteiger partial charge in [0.05, 0.1) is 81.9 Å². The quantitative estimate of drug-likeness (QED) is 0.0274. The highest BCUT2D eigenvalue weighted by molar-refractivity contribution is 7.86. The molecule has 14 nitrogen and oxygen atoms in total. The maximum atomic E-state index is 11.3. The van der Waals surface area contributed by atoms with Gasteiger partial charge in [0.25, 0.3) is 10.1 Å². The fourth-order valence-corrected chi connectivity index (χ4v) is 14.5. The van der Waals surface area contributed by atoms with E-state index in [1.165, 1.54) is 25.7 Å². The third-order valence-corrected chi connectivity index (χ3v) is 20.7. The van der Waals surface area contributed by atoms with E-state index in [4.69, 9.17) is 47.3 Å². The van der Waals surface area contributed by atoms with Crippen molar-refractivity contribution in [1.82, 2.24) is 19.9 Å². The van der Waals surface area contributed by atoms with Gasteiger partial charge in [0.2, 0.25) is 0 Å². The van der Waals surface area contributed by atoms with Crippen LogP contribution in [-0.4, -0.2) is 87.5 Å². The van der Waals surface area contributed by atoms with Gasteiger partial charge in [-0.15, -0.1) is 0 Å². The van der Waals surface area contributed by atoms with Crippen molar-refractivity contribution in [3.8, 4) is 84.8 Å². The summed E-state index contributed by atoms with van der Waals surface area (Å²) in [5.41, 5.74) is 14.0. The van der Waals surface area contributed by atoms with Gasteiger partial charge in [0.15, 0.2) is 0 Å². The standard InChI is InChI=1S/C93H128N4O10S/c1-8-14-20-34-55-101-76-62-72(63-77(68-76)102-56-35-21-15-9-2)91-84-48-46-82(94-84)90(71-42-44-75(45-43-71)100-54-40-32-30-28-26-27-29-31-33-41-61-107-108(7,98)99)83-47-49-85(95-83)92(73-64-78(103-57-36-22-16-10-3)69-79(65-73)104-58-37-23-17-11-4)87-51-53-89(97-87)93(88-52-50-86(91)96-88)74-66-80(105-59-38-24-18-12-5)70-81(67-74)106-60-39-25-19-13-6/h42-53,62-70,94,97H,8-41,54-61H2,1-7H3. The average molecular weight is 1490 g/mol.